The number of guanidine groups is 1. The Balaban J connectivity index is 2.14. The number of halogens is 1. The van der Waals surface area contributed by atoms with Gasteiger partial charge in [0.1, 0.15) is 17.7 Å². The molecule has 7 nitrogen and oxygen atoms in total. The minimum Gasteiger partial charge on any atom is -0.494 e. The first-order valence-electron chi connectivity index (χ1n) is 10.2. The molecule has 0 fully saturated rings. The molecule has 0 saturated carbocycles. The van der Waals surface area contributed by atoms with Gasteiger partial charge in [0.2, 0.25) is 0 Å². The molecule has 0 aromatic heterocycles. The van der Waals surface area contributed by atoms with Crippen molar-refractivity contribution in [2.24, 2.45) is 16.5 Å². The van der Waals surface area contributed by atoms with Crippen molar-refractivity contribution in [3.8, 4) is 5.75 Å². The first kappa shape index (κ1) is 24.3. The van der Waals surface area contributed by atoms with Crippen molar-refractivity contribution in [3.63, 3.8) is 0 Å². The summed E-state index contributed by atoms with van der Waals surface area (Å²) in [5, 5.41) is 5.95. The second-order valence-corrected chi connectivity index (χ2v) is 8.23. The first-order chi connectivity index (χ1) is 14.6. The van der Waals surface area contributed by atoms with Crippen LogP contribution in [0, 0.1) is 5.82 Å². The van der Waals surface area contributed by atoms with E-state index < -0.39 is 12.2 Å². The number of hydrogen-bond acceptors (Lipinski definition) is 5. The standard InChI is InChI=1S/C23H32FN5O2/c1-5-31-18-8-6-7-16(13-18)21(30)28-22(29-23(2,3)4)27-20(26)14-19(25)15-9-11-17(24)12-10-15/h6-13,19-20H,5,14,25-26H2,1-4H3,(H2,27,28,29,30). The van der Waals surface area contributed by atoms with Crippen LogP contribution < -0.4 is 26.8 Å². The minimum absolute atomic E-state index is 0.248. The Labute approximate surface area is 183 Å². The third kappa shape index (κ3) is 8.35. The van der Waals surface area contributed by atoms with Gasteiger partial charge in [-0.1, -0.05) is 18.2 Å². The minimum atomic E-state index is -0.681. The molecule has 2 aromatic carbocycles. The van der Waals surface area contributed by atoms with Crippen molar-refractivity contribution in [1.29, 1.82) is 0 Å². The third-order valence-electron chi connectivity index (χ3n) is 4.22. The lowest BCUT2D eigenvalue weighted by Gasteiger charge is -2.25. The number of carbonyl (C=O) groups is 1. The van der Waals surface area contributed by atoms with Gasteiger partial charge in [-0.05, 0) is 63.6 Å². The lowest BCUT2D eigenvalue weighted by Crippen LogP contribution is -2.50. The number of aliphatic imine (C=N–C) groups is 1. The van der Waals surface area contributed by atoms with Gasteiger partial charge < -0.3 is 21.5 Å². The van der Waals surface area contributed by atoms with Crippen LogP contribution in [0.25, 0.3) is 0 Å². The largest absolute Gasteiger partial charge is 0.494 e. The maximum Gasteiger partial charge on any atom is 0.258 e. The summed E-state index contributed by atoms with van der Waals surface area (Å²) in [6.07, 6.45) is -0.364. The van der Waals surface area contributed by atoms with E-state index in [1.807, 2.05) is 27.7 Å². The zero-order valence-corrected chi connectivity index (χ0v) is 18.5. The molecule has 0 heterocycles. The van der Waals surface area contributed by atoms with E-state index in [1.54, 1.807) is 36.4 Å². The zero-order chi connectivity index (χ0) is 23.0. The van der Waals surface area contributed by atoms with Crippen LogP contribution >= 0.6 is 0 Å². The van der Waals surface area contributed by atoms with Crippen molar-refractivity contribution in [3.05, 3.63) is 65.5 Å². The molecule has 2 aromatic rings. The molecule has 0 aliphatic heterocycles. The molecule has 0 aliphatic carbocycles. The van der Waals surface area contributed by atoms with E-state index in [1.165, 1.54) is 12.1 Å². The van der Waals surface area contributed by atoms with Crippen molar-refractivity contribution < 1.29 is 13.9 Å². The molecule has 2 unspecified atom stereocenters. The fraction of sp³-hybridized carbons (Fsp3) is 0.391. The number of benzene rings is 2. The first-order valence-corrected chi connectivity index (χ1v) is 10.2. The number of ether oxygens (including phenoxy) is 1. The van der Waals surface area contributed by atoms with E-state index in [0.29, 0.717) is 24.3 Å². The van der Waals surface area contributed by atoms with E-state index in [-0.39, 0.29) is 23.2 Å². The van der Waals surface area contributed by atoms with Gasteiger partial charge >= 0.3 is 0 Å². The molecule has 1 amide bonds. The van der Waals surface area contributed by atoms with Gasteiger partial charge in [0.25, 0.3) is 5.91 Å². The monoisotopic (exact) mass is 429 g/mol. The third-order valence-corrected chi connectivity index (χ3v) is 4.22. The molecule has 0 radical (unpaired) electrons. The summed E-state index contributed by atoms with van der Waals surface area (Å²) in [5.41, 5.74) is 13.2. The Bertz CT molecular complexity index is 894. The van der Waals surface area contributed by atoms with E-state index >= 15 is 0 Å². The average molecular weight is 430 g/mol. The van der Waals surface area contributed by atoms with Gasteiger partial charge in [-0.3, -0.25) is 10.1 Å². The Morgan fingerprint density at radius 1 is 1.16 bits per heavy atom. The molecule has 0 spiro atoms. The zero-order valence-electron chi connectivity index (χ0n) is 18.5. The van der Waals surface area contributed by atoms with Crippen LogP contribution in [0.15, 0.2) is 53.5 Å². The van der Waals surface area contributed by atoms with E-state index in [9.17, 15) is 9.18 Å². The number of rotatable bonds is 7. The van der Waals surface area contributed by atoms with Crippen LogP contribution in [0.5, 0.6) is 5.75 Å². The molecule has 0 bridgehead atoms. The van der Waals surface area contributed by atoms with E-state index in [2.05, 4.69) is 15.6 Å². The Hall–Kier alpha value is -2.97. The summed E-state index contributed by atoms with van der Waals surface area (Å²) in [6, 6.07) is 12.4. The number of nitrogens with zero attached hydrogens (tertiary/aromatic N) is 1. The van der Waals surface area contributed by atoms with Crippen LogP contribution in [-0.2, 0) is 0 Å². The lowest BCUT2D eigenvalue weighted by atomic mass is 10.0. The molecule has 2 rings (SSSR count). The highest BCUT2D eigenvalue weighted by Crippen LogP contribution is 2.17. The Morgan fingerprint density at radius 3 is 2.45 bits per heavy atom. The highest BCUT2D eigenvalue weighted by atomic mass is 19.1. The fourth-order valence-corrected chi connectivity index (χ4v) is 2.85. The summed E-state index contributed by atoms with van der Waals surface area (Å²) >= 11 is 0. The maximum absolute atomic E-state index is 13.1. The number of amides is 1. The van der Waals surface area contributed by atoms with Crippen LogP contribution in [0.3, 0.4) is 0 Å². The van der Waals surface area contributed by atoms with Gasteiger partial charge in [0.05, 0.1) is 6.61 Å². The predicted octanol–water partition coefficient (Wildman–Crippen LogP) is 3.07. The maximum atomic E-state index is 13.1. The Kier molecular flexibility index (Phi) is 8.53. The fourth-order valence-electron chi connectivity index (χ4n) is 2.85. The molecule has 6 N–H and O–H groups in total. The molecule has 0 aliphatic rings. The second kappa shape index (κ2) is 10.9. The number of hydrogen-bond donors (Lipinski definition) is 4. The highest BCUT2D eigenvalue weighted by Gasteiger charge is 2.18. The van der Waals surface area contributed by atoms with Crippen molar-refractivity contribution >= 4 is 11.9 Å². The summed E-state index contributed by atoms with van der Waals surface area (Å²) in [6.45, 7) is 8.22. The highest BCUT2D eigenvalue weighted by molar-refractivity contribution is 6.06. The van der Waals surface area contributed by atoms with Gasteiger partial charge in [-0.15, -0.1) is 0 Å². The molecule has 8 heteroatoms. The summed E-state index contributed by atoms with van der Waals surface area (Å²) in [5.74, 6) is 0.190. The van der Waals surface area contributed by atoms with Crippen LogP contribution in [0.1, 0.15) is 56.1 Å². The second-order valence-electron chi connectivity index (χ2n) is 8.23. The van der Waals surface area contributed by atoms with Gasteiger partial charge in [-0.2, -0.15) is 0 Å². The van der Waals surface area contributed by atoms with Gasteiger partial charge in [0.15, 0.2) is 5.96 Å². The molecule has 0 saturated heterocycles. The van der Waals surface area contributed by atoms with E-state index in [0.717, 1.165) is 5.56 Å². The van der Waals surface area contributed by atoms with E-state index in [4.69, 9.17) is 16.2 Å². The van der Waals surface area contributed by atoms with Crippen molar-refractivity contribution in [1.82, 2.24) is 10.6 Å². The lowest BCUT2D eigenvalue weighted by molar-refractivity contribution is 0.0974. The number of nitrogens with one attached hydrogen (secondary N) is 2. The predicted molar refractivity (Wildman–Crippen MR) is 121 cm³/mol. The Morgan fingerprint density at radius 2 is 1.84 bits per heavy atom. The quantitative estimate of drug-likeness (QED) is 0.399. The van der Waals surface area contributed by atoms with Crippen LogP contribution in [-0.4, -0.2) is 30.2 Å². The summed E-state index contributed by atoms with van der Waals surface area (Å²) < 4.78 is 18.6. The number of carbonyl (C=O) groups excluding carboxylic acids is 1. The summed E-state index contributed by atoms with van der Waals surface area (Å²) in [7, 11) is 0. The number of nitrogens with two attached hydrogens (primary N) is 2. The molecular weight excluding hydrogens is 397 g/mol. The topological polar surface area (TPSA) is 115 Å². The van der Waals surface area contributed by atoms with Crippen molar-refractivity contribution in [2.75, 3.05) is 6.61 Å². The van der Waals surface area contributed by atoms with Gasteiger partial charge in [0, 0.05) is 23.6 Å². The normalized spacial score (nSPS) is 14.0. The van der Waals surface area contributed by atoms with Crippen LogP contribution in [0.2, 0.25) is 0 Å². The average Bonchev–Trinajstić information content (AvgIpc) is 2.67. The smallest absolute Gasteiger partial charge is 0.258 e. The summed E-state index contributed by atoms with van der Waals surface area (Å²) in [4.78, 5) is 17.2. The molecular formula is C23H32FN5O2. The molecule has 31 heavy (non-hydrogen) atoms. The van der Waals surface area contributed by atoms with Gasteiger partial charge in [-0.25, -0.2) is 9.38 Å². The van der Waals surface area contributed by atoms with Crippen LogP contribution in [0.4, 0.5) is 4.39 Å². The van der Waals surface area contributed by atoms with Crippen molar-refractivity contribution in [2.45, 2.75) is 51.9 Å². The SMILES string of the molecule is CCOc1cccc(C(=O)NC(=NC(N)CC(N)c2ccc(F)cc2)NC(C)(C)C)c1. The molecule has 168 valence electrons. The molecule has 2 atom stereocenters.